The molecule has 1 aromatic heterocycles. The normalized spacial score (nSPS) is 16.5. The first-order valence-electron chi connectivity index (χ1n) is 16.6. The Hall–Kier alpha value is -3.34. The van der Waals surface area contributed by atoms with Crippen LogP contribution in [0.2, 0.25) is 0 Å². The maximum absolute atomic E-state index is 12.9. The largest absolute Gasteiger partial charge is 0.494 e. The van der Waals surface area contributed by atoms with E-state index in [1.54, 1.807) is 26.6 Å². The van der Waals surface area contributed by atoms with Gasteiger partial charge in [-0.25, -0.2) is 9.78 Å². The number of carbonyl (C=O) groups is 1. The molecule has 0 radical (unpaired) electrons. The summed E-state index contributed by atoms with van der Waals surface area (Å²) in [6, 6.07) is 12.3. The summed E-state index contributed by atoms with van der Waals surface area (Å²) < 4.78 is 25.1. The van der Waals surface area contributed by atoms with Gasteiger partial charge in [0.25, 0.3) is 0 Å². The van der Waals surface area contributed by atoms with Crippen LogP contribution in [-0.4, -0.2) is 97.2 Å². The van der Waals surface area contributed by atoms with Gasteiger partial charge in [-0.3, -0.25) is 4.90 Å². The van der Waals surface area contributed by atoms with Gasteiger partial charge in [0.2, 0.25) is 5.95 Å². The van der Waals surface area contributed by atoms with E-state index < -0.39 is 12.7 Å². The number of hydrogen-bond donors (Lipinski definition) is 2. The van der Waals surface area contributed by atoms with E-state index in [1.165, 1.54) is 11.3 Å². The predicted molar refractivity (Wildman–Crippen MR) is 199 cm³/mol. The van der Waals surface area contributed by atoms with Gasteiger partial charge in [-0.2, -0.15) is 4.98 Å². The number of amides is 1. The van der Waals surface area contributed by atoms with Crippen molar-refractivity contribution in [3.8, 4) is 5.75 Å². The molecule has 2 saturated heterocycles. The molecule has 0 unspecified atom stereocenters. The lowest BCUT2D eigenvalue weighted by Gasteiger charge is -2.43. The zero-order valence-corrected chi connectivity index (χ0v) is 31.7. The second kappa shape index (κ2) is 15.0. The molecule has 2 aromatic carbocycles. The van der Waals surface area contributed by atoms with Crippen molar-refractivity contribution in [2.75, 3.05) is 75.2 Å². The quantitative estimate of drug-likeness (QED) is 0.221. The third-order valence-electron chi connectivity index (χ3n) is 8.80. The van der Waals surface area contributed by atoms with Crippen LogP contribution in [0, 0.1) is 0 Å². The van der Waals surface area contributed by atoms with Gasteiger partial charge >= 0.3 is 6.09 Å². The second-order valence-corrected chi connectivity index (χ2v) is 17.8. The molecule has 11 nitrogen and oxygen atoms in total. The Bertz CT molecular complexity index is 1640. The number of aryl methyl sites for hydroxylation is 1. The number of hydrogen-bond acceptors (Lipinski definition) is 10. The number of aromatic nitrogens is 2. The molecular weight excluding hydrogens is 693 g/mol. The third-order valence-corrected chi connectivity index (χ3v) is 10.9. The van der Waals surface area contributed by atoms with Crippen LogP contribution in [0.1, 0.15) is 46.1 Å². The Labute approximate surface area is 293 Å². The molecule has 260 valence electrons. The first-order valence-corrected chi connectivity index (χ1v) is 20.0. The molecule has 5 rings (SSSR count). The third kappa shape index (κ3) is 8.81. The summed E-state index contributed by atoms with van der Waals surface area (Å²) in [4.78, 5) is 28.6. The lowest BCUT2D eigenvalue weighted by atomic mass is 9.99. The summed E-state index contributed by atoms with van der Waals surface area (Å²) in [6.45, 7) is 16.5. The van der Waals surface area contributed by atoms with E-state index in [2.05, 4.69) is 60.4 Å². The number of piperidine rings is 1. The molecule has 2 aliphatic heterocycles. The van der Waals surface area contributed by atoms with Crippen molar-refractivity contribution in [2.45, 2.75) is 58.6 Å². The minimum absolute atomic E-state index is 0.216. The SMILES string of the molecule is CCc1cc(Nc2ncc(Br)c(Nc3ccccc3P(C)(C)=O)n2)c(OC)cc1N1CCC(N2CCN(C(=O)OC(C)(C)C)CC2)CC1. The van der Waals surface area contributed by atoms with Gasteiger partial charge in [-0.1, -0.05) is 19.1 Å². The fourth-order valence-electron chi connectivity index (χ4n) is 6.34. The summed E-state index contributed by atoms with van der Waals surface area (Å²) in [6.07, 6.45) is 4.47. The number of halogens is 1. The summed E-state index contributed by atoms with van der Waals surface area (Å²) in [5.74, 6) is 1.69. The number of rotatable bonds is 9. The fraction of sp³-hybridized carbons (Fsp3) is 0.514. The minimum Gasteiger partial charge on any atom is -0.494 e. The van der Waals surface area contributed by atoms with Crippen LogP contribution in [0.15, 0.2) is 47.1 Å². The number of nitrogens with zero attached hydrogens (tertiary/aromatic N) is 5. The van der Waals surface area contributed by atoms with Crippen molar-refractivity contribution in [3.05, 3.63) is 52.6 Å². The predicted octanol–water partition coefficient (Wildman–Crippen LogP) is 7.07. The topological polar surface area (TPSA) is 112 Å². The van der Waals surface area contributed by atoms with E-state index in [-0.39, 0.29) is 6.09 Å². The Morgan fingerprint density at radius 3 is 2.33 bits per heavy atom. The highest BCUT2D eigenvalue weighted by molar-refractivity contribution is 9.10. The molecule has 0 atom stereocenters. The first-order chi connectivity index (χ1) is 22.8. The van der Waals surface area contributed by atoms with Gasteiger partial charge in [0, 0.05) is 68.6 Å². The lowest BCUT2D eigenvalue weighted by Crippen LogP contribution is -2.55. The van der Waals surface area contributed by atoms with Crippen LogP contribution in [0.4, 0.5) is 33.6 Å². The summed E-state index contributed by atoms with van der Waals surface area (Å²) in [5.41, 5.74) is 3.46. The van der Waals surface area contributed by atoms with Crippen LogP contribution in [0.25, 0.3) is 0 Å². The van der Waals surface area contributed by atoms with Gasteiger partial charge in [0.05, 0.1) is 23.0 Å². The number of nitrogens with one attached hydrogen (secondary N) is 2. The van der Waals surface area contributed by atoms with Crippen molar-refractivity contribution < 1.29 is 18.8 Å². The summed E-state index contributed by atoms with van der Waals surface area (Å²) >= 11 is 3.56. The van der Waals surface area contributed by atoms with E-state index >= 15 is 0 Å². The molecule has 1 amide bonds. The van der Waals surface area contributed by atoms with Gasteiger partial charge in [-0.15, -0.1) is 0 Å². The highest BCUT2D eigenvalue weighted by atomic mass is 79.9. The minimum atomic E-state index is -2.51. The van der Waals surface area contributed by atoms with Crippen LogP contribution < -0.4 is 25.6 Å². The van der Waals surface area contributed by atoms with Gasteiger partial charge in [0.15, 0.2) is 0 Å². The van der Waals surface area contributed by atoms with Crippen LogP contribution in [0.3, 0.4) is 0 Å². The maximum Gasteiger partial charge on any atom is 0.410 e. The molecule has 0 saturated carbocycles. The number of benzene rings is 2. The molecule has 2 fully saturated rings. The maximum atomic E-state index is 12.9. The summed E-state index contributed by atoms with van der Waals surface area (Å²) in [7, 11) is -0.831. The molecule has 2 aliphatic rings. The molecule has 0 spiro atoms. The van der Waals surface area contributed by atoms with E-state index in [0.717, 1.165) is 62.1 Å². The number of para-hydroxylation sites is 1. The first kappa shape index (κ1) is 36.0. The van der Waals surface area contributed by atoms with E-state index in [4.69, 9.17) is 14.5 Å². The Balaban J connectivity index is 1.25. The van der Waals surface area contributed by atoms with Crippen molar-refractivity contribution in [2.24, 2.45) is 0 Å². The molecule has 48 heavy (non-hydrogen) atoms. The van der Waals surface area contributed by atoms with Gasteiger partial charge in [-0.05, 0) is 93.1 Å². The molecule has 0 aliphatic carbocycles. The van der Waals surface area contributed by atoms with Gasteiger partial charge < -0.3 is 34.5 Å². The fourth-order valence-corrected chi connectivity index (χ4v) is 7.78. The average molecular weight is 743 g/mol. The Morgan fingerprint density at radius 2 is 1.71 bits per heavy atom. The van der Waals surface area contributed by atoms with Crippen molar-refractivity contribution >= 4 is 63.3 Å². The Morgan fingerprint density at radius 1 is 1.02 bits per heavy atom. The van der Waals surface area contributed by atoms with E-state index in [1.807, 2.05) is 49.9 Å². The highest BCUT2D eigenvalue weighted by Crippen LogP contribution is 2.40. The van der Waals surface area contributed by atoms with Crippen LogP contribution in [-0.2, 0) is 15.7 Å². The molecule has 3 aromatic rings. The zero-order valence-electron chi connectivity index (χ0n) is 29.2. The molecule has 13 heteroatoms. The lowest BCUT2D eigenvalue weighted by molar-refractivity contribution is 0.00901. The van der Waals surface area contributed by atoms with Crippen molar-refractivity contribution in [1.29, 1.82) is 0 Å². The monoisotopic (exact) mass is 741 g/mol. The molecule has 0 bridgehead atoms. The number of ether oxygens (including phenoxy) is 2. The Kier molecular flexibility index (Phi) is 11.3. The zero-order chi connectivity index (χ0) is 34.6. The smallest absolute Gasteiger partial charge is 0.410 e. The second-order valence-electron chi connectivity index (χ2n) is 13.8. The highest BCUT2D eigenvalue weighted by Gasteiger charge is 2.31. The number of carbonyl (C=O) groups excluding carboxylic acids is 1. The molecule has 3 heterocycles. The van der Waals surface area contributed by atoms with E-state index in [0.29, 0.717) is 41.1 Å². The number of piperazine rings is 1. The molecule has 2 N–H and O–H groups in total. The van der Waals surface area contributed by atoms with Crippen LogP contribution >= 0.6 is 23.1 Å². The number of methoxy groups -OCH3 is 1. The number of anilines is 5. The molecular formula is C35H49BrN7O4P. The summed E-state index contributed by atoms with van der Waals surface area (Å²) in [5, 5.41) is 7.48. The van der Waals surface area contributed by atoms with Crippen molar-refractivity contribution in [3.63, 3.8) is 0 Å². The standard InChI is InChI=1S/C35H49BrN7O4P/c1-8-24-21-28(39-33-37-23-26(36)32(40-33)38-27-11-9-10-12-31(27)48(6,7)45)30(46-5)22-29(24)42-15-13-25(14-16-42)41-17-19-43(20-18-41)34(44)47-35(2,3)4/h9-12,21-23,25H,8,13-20H2,1-7H3,(H2,37,38,39,40). The van der Waals surface area contributed by atoms with Crippen LogP contribution in [0.5, 0.6) is 5.75 Å². The van der Waals surface area contributed by atoms with Crippen molar-refractivity contribution in [1.82, 2.24) is 19.8 Å². The average Bonchev–Trinajstić information content (AvgIpc) is 3.05. The van der Waals surface area contributed by atoms with Gasteiger partial charge in [0.1, 0.15) is 24.3 Å². The van der Waals surface area contributed by atoms with E-state index in [9.17, 15) is 9.36 Å².